The molecule has 2 aromatic rings. The maximum Gasteiger partial charge on any atom is 0.125 e. The molecule has 0 amide bonds. The Morgan fingerprint density at radius 1 is 1.45 bits per heavy atom. The molecule has 3 rings (SSSR count). The van der Waals surface area contributed by atoms with Crippen LogP contribution in [0.5, 0.6) is 0 Å². The Hall–Kier alpha value is -0.810. The molecule has 1 aliphatic heterocycles. The third-order valence-corrected chi connectivity index (χ3v) is 4.20. The normalized spacial score (nSPS) is 20.6. The van der Waals surface area contributed by atoms with Crippen molar-refractivity contribution in [3.8, 4) is 0 Å². The lowest BCUT2D eigenvalue weighted by molar-refractivity contribution is -0.0272. The molecular formula is C14H17Cl2N3O. The lowest BCUT2D eigenvalue weighted by Gasteiger charge is -2.30. The third kappa shape index (κ3) is 2.66. The number of ether oxygens (including phenoxy) is 1. The summed E-state index contributed by atoms with van der Waals surface area (Å²) in [5.74, 6) is 1.21. The van der Waals surface area contributed by atoms with Crippen LogP contribution in [0.1, 0.15) is 5.82 Å². The molecule has 6 heteroatoms. The van der Waals surface area contributed by atoms with Crippen LogP contribution in [-0.4, -0.2) is 47.3 Å². The Kier molecular flexibility index (Phi) is 4.17. The number of benzene rings is 1. The monoisotopic (exact) mass is 313 g/mol. The Morgan fingerprint density at radius 3 is 3.05 bits per heavy atom. The average molecular weight is 314 g/mol. The fourth-order valence-corrected chi connectivity index (χ4v) is 3.06. The molecule has 108 valence electrons. The number of rotatable bonds is 3. The molecular weight excluding hydrogens is 297 g/mol. The molecule has 1 aromatic carbocycles. The Labute approximate surface area is 128 Å². The van der Waals surface area contributed by atoms with Crippen molar-refractivity contribution in [2.75, 3.05) is 26.7 Å². The molecule has 4 nitrogen and oxygen atoms in total. The van der Waals surface area contributed by atoms with E-state index in [0.29, 0.717) is 10.9 Å². The number of aromatic nitrogens is 2. The molecule has 2 heterocycles. The number of alkyl halides is 1. The topological polar surface area (TPSA) is 30.3 Å². The number of morpholine rings is 1. The van der Waals surface area contributed by atoms with Gasteiger partial charge < -0.3 is 14.2 Å². The van der Waals surface area contributed by atoms with Gasteiger partial charge in [-0.3, -0.25) is 0 Å². The molecule has 1 atom stereocenters. The van der Waals surface area contributed by atoms with E-state index in [9.17, 15) is 0 Å². The molecule has 0 saturated carbocycles. The Balaban J connectivity index is 1.95. The molecule has 1 unspecified atom stereocenters. The Morgan fingerprint density at radius 2 is 2.30 bits per heavy atom. The van der Waals surface area contributed by atoms with E-state index in [1.807, 2.05) is 18.2 Å². The van der Waals surface area contributed by atoms with Crippen LogP contribution in [0.25, 0.3) is 11.0 Å². The van der Waals surface area contributed by atoms with Gasteiger partial charge >= 0.3 is 0 Å². The number of fused-ring (bicyclic) bond motifs is 1. The maximum absolute atomic E-state index is 6.21. The fourth-order valence-electron chi connectivity index (χ4n) is 2.65. The van der Waals surface area contributed by atoms with Crippen LogP contribution in [0, 0.1) is 0 Å². The molecule has 0 radical (unpaired) electrons. The van der Waals surface area contributed by atoms with Gasteiger partial charge in [0.25, 0.3) is 0 Å². The van der Waals surface area contributed by atoms with Crippen LogP contribution in [-0.2, 0) is 17.2 Å². The molecule has 1 saturated heterocycles. The Bertz CT molecular complexity index is 614. The summed E-state index contributed by atoms with van der Waals surface area (Å²) in [5, 5.41) is 0.661. The predicted octanol–water partition coefficient (Wildman–Crippen LogP) is 2.76. The quantitative estimate of drug-likeness (QED) is 0.816. The van der Waals surface area contributed by atoms with Gasteiger partial charge in [-0.05, 0) is 19.2 Å². The molecule has 1 aliphatic rings. The number of imidazole rings is 1. The SMILES string of the molecule is CN1CCOC(Cn2c(CCl)nc3c(Cl)cccc32)C1. The number of likely N-dealkylation sites (N-methyl/N-ethyl adjacent to an activating group) is 1. The second-order valence-corrected chi connectivity index (χ2v) is 5.81. The summed E-state index contributed by atoms with van der Waals surface area (Å²) in [6, 6.07) is 5.82. The number of hydrogen-bond donors (Lipinski definition) is 0. The zero-order valence-electron chi connectivity index (χ0n) is 11.4. The molecule has 20 heavy (non-hydrogen) atoms. The maximum atomic E-state index is 6.21. The first-order valence-corrected chi connectivity index (χ1v) is 7.60. The van der Waals surface area contributed by atoms with Crippen molar-refractivity contribution in [2.24, 2.45) is 0 Å². The van der Waals surface area contributed by atoms with Gasteiger partial charge in [-0.1, -0.05) is 17.7 Å². The van der Waals surface area contributed by atoms with Gasteiger partial charge in [0.2, 0.25) is 0 Å². The van der Waals surface area contributed by atoms with Crippen LogP contribution in [0.2, 0.25) is 5.02 Å². The molecule has 0 bridgehead atoms. The summed E-state index contributed by atoms with van der Waals surface area (Å²) in [6.07, 6.45) is 0.159. The molecule has 0 N–H and O–H groups in total. The zero-order valence-corrected chi connectivity index (χ0v) is 12.9. The smallest absolute Gasteiger partial charge is 0.125 e. The number of nitrogens with zero attached hydrogens (tertiary/aromatic N) is 3. The van der Waals surface area contributed by atoms with Gasteiger partial charge in [-0.25, -0.2) is 4.98 Å². The van der Waals surface area contributed by atoms with E-state index in [2.05, 4.69) is 21.5 Å². The minimum atomic E-state index is 0.159. The molecule has 0 aliphatic carbocycles. The molecule has 0 spiro atoms. The largest absolute Gasteiger partial charge is 0.374 e. The predicted molar refractivity (Wildman–Crippen MR) is 81.5 cm³/mol. The van der Waals surface area contributed by atoms with Gasteiger partial charge in [0.15, 0.2) is 0 Å². The van der Waals surface area contributed by atoms with E-state index in [0.717, 1.165) is 43.1 Å². The van der Waals surface area contributed by atoms with Crippen molar-refractivity contribution in [1.82, 2.24) is 14.5 Å². The highest BCUT2D eigenvalue weighted by Crippen LogP contribution is 2.25. The lowest BCUT2D eigenvalue weighted by Crippen LogP contribution is -2.42. The summed E-state index contributed by atoms with van der Waals surface area (Å²) in [6.45, 7) is 3.42. The summed E-state index contributed by atoms with van der Waals surface area (Å²) in [7, 11) is 2.11. The van der Waals surface area contributed by atoms with Gasteiger partial charge in [-0.2, -0.15) is 0 Å². The minimum Gasteiger partial charge on any atom is -0.374 e. The first-order chi connectivity index (χ1) is 9.69. The van der Waals surface area contributed by atoms with Crippen molar-refractivity contribution in [3.05, 3.63) is 29.0 Å². The van der Waals surface area contributed by atoms with Crippen molar-refractivity contribution < 1.29 is 4.74 Å². The van der Waals surface area contributed by atoms with Crippen LogP contribution >= 0.6 is 23.2 Å². The fraction of sp³-hybridized carbons (Fsp3) is 0.500. The molecule has 1 aromatic heterocycles. The second-order valence-electron chi connectivity index (χ2n) is 5.13. The summed E-state index contributed by atoms with van der Waals surface area (Å²) >= 11 is 12.2. The summed E-state index contributed by atoms with van der Waals surface area (Å²) in [5.41, 5.74) is 1.83. The van der Waals surface area contributed by atoms with Crippen LogP contribution < -0.4 is 0 Å². The third-order valence-electron chi connectivity index (χ3n) is 3.66. The number of para-hydroxylation sites is 1. The van der Waals surface area contributed by atoms with E-state index in [1.165, 1.54) is 0 Å². The first-order valence-electron chi connectivity index (χ1n) is 6.69. The standard InChI is InChI=1S/C14H17Cl2N3O/c1-18-5-6-20-10(8-18)9-19-12-4-2-3-11(16)14(12)17-13(19)7-15/h2-4,10H,5-9H2,1H3. The van der Waals surface area contributed by atoms with Gasteiger partial charge in [0.05, 0.1) is 35.7 Å². The lowest BCUT2D eigenvalue weighted by atomic mass is 10.2. The van der Waals surface area contributed by atoms with Gasteiger partial charge in [0.1, 0.15) is 11.3 Å². The van der Waals surface area contributed by atoms with Crippen LogP contribution in [0.15, 0.2) is 18.2 Å². The van der Waals surface area contributed by atoms with E-state index in [1.54, 1.807) is 0 Å². The molecule has 1 fully saturated rings. The highest BCUT2D eigenvalue weighted by atomic mass is 35.5. The first kappa shape index (κ1) is 14.1. The minimum absolute atomic E-state index is 0.159. The highest BCUT2D eigenvalue weighted by Gasteiger charge is 2.21. The van der Waals surface area contributed by atoms with Crippen molar-refractivity contribution >= 4 is 34.2 Å². The average Bonchev–Trinajstić information content (AvgIpc) is 2.79. The van der Waals surface area contributed by atoms with E-state index in [4.69, 9.17) is 27.9 Å². The highest BCUT2D eigenvalue weighted by molar-refractivity contribution is 6.35. The van der Waals surface area contributed by atoms with Crippen LogP contribution in [0.4, 0.5) is 0 Å². The number of hydrogen-bond acceptors (Lipinski definition) is 3. The van der Waals surface area contributed by atoms with Crippen LogP contribution in [0.3, 0.4) is 0 Å². The van der Waals surface area contributed by atoms with Gasteiger partial charge in [0, 0.05) is 13.1 Å². The number of halogens is 2. The van der Waals surface area contributed by atoms with Gasteiger partial charge in [-0.15, -0.1) is 11.6 Å². The van der Waals surface area contributed by atoms with Crippen molar-refractivity contribution in [3.63, 3.8) is 0 Å². The van der Waals surface area contributed by atoms with E-state index >= 15 is 0 Å². The van der Waals surface area contributed by atoms with E-state index in [-0.39, 0.29) is 6.10 Å². The summed E-state index contributed by atoms with van der Waals surface area (Å²) in [4.78, 5) is 6.82. The second kappa shape index (κ2) is 5.90. The van der Waals surface area contributed by atoms with Crippen molar-refractivity contribution in [2.45, 2.75) is 18.5 Å². The zero-order chi connectivity index (χ0) is 14.1. The van der Waals surface area contributed by atoms with E-state index < -0.39 is 0 Å². The van der Waals surface area contributed by atoms with Crippen molar-refractivity contribution in [1.29, 1.82) is 0 Å². The summed E-state index contributed by atoms with van der Waals surface area (Å²) < 4.78 is 7.96.